The number of aryl methyl sites for hydroxylation is 2. The summed E-state index contributed by atoms with van der Waals surface area (Å²) >= 11 is 0. The predicted molar refractivity (Wildman–Crippen MR) is 99.3 cm³/mol. The van der Waals surface area contributed by atoms with E-state index in [9.17, 15) is 8.42 Å². The van der Waals surface area contributed by atoms with Crippen molar-refractivity contribution in [3.05, 3.63) is 60.0 Å². The lowest BCUT2D eigenvalue weighted by molar-refractivity contribution is 0.390. The Bertz CT molecular complexity index is 1030. The van der Waals surface area contributed by atoms with Crippen molar-refractivity contribution in [1.29, 1.82) is 0 Å². The van der Waals surface area contributed by atoms with Crippen molar-refractivity contribution in [3.63, 3.8) is 0 Å². The first-order valence-corrected chi connectivity index (χ1v) is 10.2. The molecule has 27 heavy (non-hydrogen) atoms. The maximum Gasteiger partial charge on any atom is 0.245 e. The second-order valence-corrected chi connectivity index (χ2v) is 8.52. The molecule has 1 fully saturated rings. The normalized spacial score (nSPS) is 18.1. The van der Waals surface area contributed by atoms with Crippen LogP contribution in [0.4, 0.5) is 0 Å². The smallest absolute Gasteiger partial charge is 0.245 e. The Balaban J connectivity index is 1.65. The highest BCUT2D eigenvalue weighted by Gasteiger charge is 2.37. The molecule has 0 aromatic carbocycles. The van der Waals surface area contributed by atoms with E-state index in [1.807, 2.05) is 26.0 Å². The molecule has 4 heterocycles. The molecule has 8 heteroatoms. The van der Waals surface area contributed by atoms with Gasteiger partial charge in [0, 0.05) is 36.3 Å². The number of hydrogen-bond donors (Lipinski definition) is 0. The fourth-order valence-corrected chi connectivity index (χ4v) is 5.24. The van der Waals surface area contributed by atoms with Crippen LogP contribution in [0.1, 0.15) is 36.0 Å². The third-order valence-electron chi connectivity index (χ3n) is 4.89. The van der Waals surface area contributed by atoms with Gasteiger partial charge in [0.1, 0.15) is 10.7 Å². The molecule has 3 aromatic heterocycles. The van der Waals surface area contributed by atoms with Crippen molar-refractivity contribution in [3.8, 4) is 11.1 Å². The van der Waals surface area contributed by atoms with Crippen molar-refractivity contribution in [1.82, 2.24) is 19.4 Å². The molecule has 140 valence electrons. The molecule has 4 rings (SSSR count). The second kappa shape index (κ2) is 6.86. The number of rotatable bonds is 4. The number of hydrogen-bond acceptors (Lipinski definition) is 6. The van der Waals surface area contributed by atoms with E-state index < -0.39 is 10.0 Å². The van der Waals surface area contributed by atoms with Crippen LogP contribution in [0.15, 0.2) is 52.3 Å². The fourth-order valence-electron chi connectivity index (χ4n) is 3.60. The molecule has 3 aromatic rings. The lowest BCUT2D eigenvalue weighted by Crippen LogP contribution is -2.31. The molecule has 1 atom stereocenters. The van der Waals surface area contributed by atoms with E-state index in [0.717, 1.165) is 41.1 Å². The monoisotopic (exact) mass is 384 g/mol. The summed E-state index contributed by atoms with van der Waals surface area (Å²) in [6.07, 6.45) is 6.26. The first-order chi connectivity index (χ1) is 13.0. The molecule has 0 saturated carbocycles. The topological polar surface area (TPSA) is 89.2 Å². The third kappa shape index (κ3) is 3.15. The highest BCUT2D eigenvalue weighted by molar-refractivity contribution is 7.89. The van der Waals surface area contributed by atoms with Crippen LogP contribution in [0.25, 0.3) is 11.1 Å². The summed E-state index contributed by atoms with van der Waals surface area (Å²) in [6, 6.07) is 6.78. The molecule has 0 unspecified atom stereocenters. The molecule has 1 aliphatic heterocycles. The van der Waals surface area contributed by atoms with Gasteiger partial charge in [-0.25, -0.2) is 8.42 Å². The van der Waals surface area contributed by atoms with Gasteiger partial charge < -0.3 is 4.52 Å². The molecule has 1 aliphatic rings. The van der Waals surface area contributed by atoms with Crippen LogP contribution >= 0.6 is 0 Å². The molecule has 0 amide bonds. The molecular weight excluding hydrogens is 364 g/mol. The third-order valence-corrected chi connectivity index (χ3v) is 6.79. The van der Waals surface area contributed by atoms with Gasteiger partial charge in [-0.3, -0.25) is 9.97 Å². The molecular formula is C19H20N4O3S. The van der Waals surface area contributed by atoms with Crippen molar-refractivity contribution in [2.24, 2.45) is 0 Å². The lowest BCUT2D eigenvalue weighted by atomic mass is 10.0. The van der Waals surface area contributed by atoms with Crippen LogP contribution in [0.2, 0.25) is 0 Å². The Kier molecular flexibility index (Phi) is 4.53. The van der Waals surface area contributed by atoms with E-state index in [4.69, 9.17) is 4.52 Å². The molecule has 1 saturated heterocycles. The van der Waals surface area contributed by atoms with Gasteiger partial charge in [0.15, 0.2) is 0 Å². The van der Waals surface area contributed by atoms with E-state index in [-0.39, 0.29) is 10.9 Å². The van der Waals surface area contributed by atoms with Crippen LogP contribution in [-0.4, -0.2) is 34.4 Å². The zero-order chi connectivity index (χ0) is 19.0. The minimum absolute atomic E-state index is 0.212. The number of nitrogens with zero attached hydrogens (tertiary/aromatic N) is 4. The SMILES string of the molecule is Cc1noc(C)c1-c1ccc([C@H]2CCCN2S(=O)(=O)c2cccnc2)nc1. The molecule has 0 radical (unpaired) electrons. The highest BCUT2D eigenvalue weighted by atomic mass is 32.2. The maximum absolute atomic E-state index is 13.0. The van der Waals surface area contributed by atoms with E-state index in [0.29, 0.717) is 6.54 Å². The quantitative estimate of drug-likeness (QED) is 0.686. The summed E-state index contributed by atoms with van der Waals surface area (Å²) in [4.78, 5) is 8.72. The molecule has 0 N–H and O–H groups in total. The zero-order valence-electron chi connectivity index (χ0n) is 15.2. The molecule has 0 spiro atoms. The summed E-state index contributed by atoms with van der Waals surface area (Å²) in [5, 5.41) is 3.97. The van der Waals surface area contributed by atoms with Gasteiger partial charge in [0.2, 0.25) is 10.0 Å². The largest absolute Gasteiger partial charge is 0.361 e. The first-order valence-electron chi connectivity index (χ1n) is 8.79. The van der Waals surface area contributed by atoms with Crippen LogP contribution in [0, 0.1) is 13.8 Å². The number of aromatic nitrogens is 3. The van der Waals surface area contributed by atoms with E-state index in [1.54, 1.807) is 24.5 Å². The minimum atomic E-state index is -3.60. The number of pyridine rings is 2. The summed E-state index contributed by atoms with van der Waals surface area (Å²) in [5.74, 6) is 0.740. The Hall–Kier alpha value is -2.58. The lowest BCUT2D eigenvalue weighted by Gasteiger charge is -2.23. The summed E-state index contributed by atoms with van der Waals surface area (Å²) in [5.41, 5.74) is 3.40. The maximum atomic E-state index is 13.0. The van der Waals surface area contributed by atoms with Gasteiger partial charge in [-0.05, 0) is 44.9 Å². The Labute approximate surface area is 158 Å². The minimum Gasteiger partial charge on any atom is -0.361 e. The van der Waals surface area contributed by atoms with Crippen molar-refractivity contribution in [2.45, 2.75) is 37.6 Å². The van der Waals surface area contributed by atoms with Crippen molar-refractivity contribution >= 4 is 10.0 Å². The van der Waals surface area contributed by atoms with Gasteiger partial charge in [0.05, 0.1) is 17.4 Å². The van der Waals surface area contributed by atoms with E-state index >= 15 is 0 Å². The van der Waals surface area contributed by atoms with Crippen LogP contribution in [0.3, 0.4) is 0 Å². The molecule has 7 nitrogen and oxygen atoms in total. The van der Waals surface area contributed by atoms with Gasteiger partial charge in [0.25, 0.3) is 0 Å². The van der Waals surface area contributed by atoms with Crippen molar-refractivity contribution < 1.29 is 12.9 Å². The summed E-state index contributed by atoms with van der Waals surface area (Å²) in [6.45, 7) is 4.23. The highest BCUT2D eigenvalue weighted by Crippen LogP contribution is 2.36. The zero-order valence-corrected chi connectivity index (χ0v) is 16.0. The summed E-state index contributed by atoms with van der Waals surface area (Å²) in [7, 11) is -3.60. The second-order valence-electron chi connectivity index (χ2n) is 6.63. The predicted octanol–water partition coefficient (Wildman–Crippen LogP) is 3.27. The molecule has 0 aliphatic carbocycles. The van der Waals surface area contributed by atoms with Gasteiger partial charge in [-0.1, -0.05) is 11.2 Å². The van der Waals surface area contributed by atoms with Crippen molar-refractivity contribution in [2.75, 3.05) is 6.54 Å². The first kappa shape index (κ1) is 17.8. The van der Waals surface area contributed by atoms with Gasteiger partial charge >= 0.3 is 0 Å². The van der Waals surface area contributed by atoms with E-state index in [2.05, 4.69) is 15.1 Å². The van der Waals surface area contributed by atoms with Crippen LogP contribution in [-0.2, 0) is 10.0 Å². The average Bonchev–Trinajstić information content (AvgIpc) is 3.30. The number of sulfonamides is 1. The van der Waals surface area contributed by atoms with Crippen LogP contribution < -0.4 is 0 Å². The van der Waals surface area contributed by atoms with Gasteiger partial charge in [-0.2, -0.15) is 4.31 Å². The Morgan fingerprint density at radius 1 is 1.19 bits per heavy atom. The fraction of sp³-hybridized carbons (Fsp3) is 0.316. The Morgan fingerprint density at radius 2 is 2.04 bits per heavy atom. The van der Waals surface area contributed by atoms with E-state index in [1.165, 1.54) is 10.5 Å². The molecule has 0 bridgehead atoms. The van der Waals surface area contributed by atoms with Gasteiger partial charge in [-0.15, -0.1) is 0 Å². The standard InChI is InChI=1S/C19H20N4O3S/c1-13-19(14(2)26-22-13)15-7-8-17(21-11-15)18-6-4-10-23(18)27(24,25)16-5-3-9-20-12-16/h3,5,7-9,11-12,18H,4,6,10H2,1-2H3/t18-/m1/s1. The summed E-state index contributed by atoms with van der Waals surface area (Å²) < 4.78 is 32.7. The average molecular weight is 384 g/mol. The Morgan fingerprint density at radius 3 is 2.67 bits per heavy atom. The van der Waals surface area contributed by atoms with Crippen LogP contribution in [0.5, 0.6) is 0 Å².